The fourth-order valence-corrected chi connectivity index (χ4v) is 3.91. The maximum absolute atomic E-state index is 12.9. The van der Waals surface area contributed by atoms with Crippen LogP contribution in [0.4, 0.5) is 13.2 Å². The Balaban J connectivity index is 0.000000479. The molecule has 1 amide bonds. The molecule has 1 aromatic heterocycles. The van der Waals surface area contributed by atoms with Crippen LogP contribution in [0, 0.1) is 0 Å². The number of carboxylic acids is 1. The molecule has 0 saturated carbocycles. The first-order chi connectivity index (χ1) is 17.4. The average Bonchev–Trinajstić information content (AvgIpc) is 3.29. The van der Waals surface area contributed by atoms with Crippen LogP contribution in [-0.4, -0.2) is 29.1 Å². The minimum absolute atomic E-state index is 0.0665. The number of nitrogens with one attached hydrogen (secondary N) is 3. The first kappa shape index (κ1) is 28.0. The molecule has 0 spiro atoms. The predicted octanol–water partition coefficient (Wildman–Crippen LogP) is 4.73. The summed E-state index contributed by atoms with van der Waals surface area (Å²) < 4.78 is 31.5. The number of hydrogen-bond acceptors (Lipinski definition) is 3. The van der Waals surface area contributed by atoms with E-state index in [1.165, 1.54) is 0 Å². The molecule has 0 radical (unpaired) electrons. The number of halogens is 5. The molecule has 4 aromatic rings. The van der Waals surface area contributed by atoms with E-state index < -0.39 is 12.1 Å². The number of aromatic amines is 2. The highest BCUT2D eigenvalue weighted by molar-refractivity contribution is 6.30. The molecule has 0 unspecified atom stereocenters. The van der Waals surface area contributed by atoms with E-state index in [2.05, 4.69) is 15.3 Å². The van der Waals surface area contributed by atoms with Crippen LogP contribution in [0.2, 0.25) is 10.0 Å². The van der Waals surface area contributed by atoms with Crippen molar-refractivity contribution in [1.82, 2.24) is 10.3 Å². The average molecular weight is 552 g/mol. The Morgan fingerprint density at radius 1 is 0.973 bits per heavy atom. The quantitative estimate of drug-likeness (QED) is 0.362. The Kier molecular flexibility index (Phi) is 9.18. The van der Waals surface area contributed by atoms with Crippen LogP contribution in [0.1, 0.15) is 34.6 Å². The van der Waals surface area contributed by atoms with Gasteiger partial charge in [0, 0.05) is 22.0 Å². The van der Waals surface area contributed by atoms with Gasteiger partial charge in [-0.05, 0) is 60.9 Å². The third-order valence-electron chi connectivity index (χ3n) is 5.53. The Bertz CT molecular complexity index is 1320. The van der Waals surface area contributed by atoms with Crippen LogP contribution in [0.25, 0.3) is 11.0 Å². The lowest BCUT2D eigenvalue weighted by molar-refractivity contribution is -0.349. The Morgan fingerprint density at radius 2 is 1.51 bits per heavy atom. The van der Waals surface area contributed by atoms with Gasteiger partial charge in [-0.2, -0.15) is 13.2 Å². The van der Waals surface area contributed by atoms with Gasteiger partial charge >= 0.3 is 17.9 Å². The van der Waals surface area contributed by atoms with Gasteiger partial charge in [-0.3, -0.25) is 4.79 Å². The smallest absolute Gasteiger partial charge is 0.430 e. The first-order valence-electron chi connectivity index (χ1n) is 11.0. The molecule has 11 heteroatoms. The monoisotopic (exact) mass is 551 g/mol. The fraction of sp³-hybridized carbons (Fsp3) is 0.192. The molecule has 194 valence electrons. The summed E-state index contributed by atoms with van der Waals surface area (Å²) in [5, 5.41) is 13.3. The molecule has 0 saturated heterocycles. The third-order valence-corrected chi connectivity index (χ3v) is 6.04. The molecule has 0 bridgehead atoms. The van der Waals surface area contributed by atoms with Crippen LogP contribution >= 0.6 is 23.2 Å². The fourth-order valence-electron chi connectivity index (χ4n) is 3.66. The Hall–Kier alpha value is -3.56. The molecule has 0 aliphatic rings. The topological polar surface area (TPSA) is 99.2 Å². The Labute approximate surface area is 220 Å². The lowest BCUT2D eigenvalue weighted by Crippen LogP contribution is -2.40. The highest BCUT2D eigenvalue weighted by Gasteiger charge is 2.29. The molecule has 0 aliphatic carbocycles. The van der Waals surface area contributed by atoms with Crippen molar-refractivity contribution in [1.29, 1.82) is 0 Å². The second-order valence-corrected chi connectivity index (χ2v) is 9.08. The Morgan fingerprint density at radius 3 is 2.05 bits per heavy atom. The number of aromatic nitrogens is 2. The second kappa shape index (κ2) is 12.1. The molecule has 6 nitrogen and oxygen atoms in total. The third kappa shape index (κ3) is 7.96. The van der Waals surface area contributed by atoms with Crippen molar-refractivity contribution < 1.29 is 32.9 Å². The number of para-hydroxylation sites is 2. The standard InChI is InChI=1S/C24H21Cl2N3O.C2HF3O2/c1-15(27-24(30)23-28-21-4-2-3-5-22(21)29-23)20(17-8-12-19(26)13-9-17)14-16-6-10-18(25)11-7-16;3-2(4,5)1(6)7/h2-13,15,20H,14H2,1H3,(H,27,30)(H,28,29);(H,6,7)/t15-,20+;/m1./s1. The van der Waals surface area contributed by atoms with Gasteiger partial charge in [-0.15, -0.1) is 0 Å². The summed E-state index contributed by atoms with van der Waals surface area (Å²) in [6.45, 7) is 2.02. The van der Waals surface area contributed by atoms with Crippen molar-refractivity contribution in [2.75, 3.05) is 0 Å². The number of alkyl halides is 3. The highest BCUT2D eigenvalue weighted by atomic mass is 35.5. The number of aliphatic carboxylic acids is 1. The van der Waals surface area contributed by atoms with Crippen LogP contribution in [0.15, 0.2) is 72.8 Å². The maximum Gasteiger partial charge on any atom is 0.430 e. The number of fused-ring (bicyclic) bond motifs is 1. The van der Waals surface area contributed by atoms with Crippen LogP contribution < -0.4 is 15.4 Å². The largest absolute Gasteiger partial charge is 0.542 e. The van der Waals surface area contributed by atoms with Gasteiger partial charge in [0.2, 0.25) is 0 Å². The molecule has 0 fully saturated rings. The van der Waals surface area contributed by atoms with E-state index in [9.17, 15) is 18.0 Å². The first-order valence-corrected chi connectivity index (χ1v) is 11.8. The van der Waals surface area contributed by atoms with Crippen LogP contribution in [-0.2, 0) is 11.2 Å². The SMILES string of the molecule is C[C@@H](NC(=O)c1[nH]c2ccccc2[nH+]1)[C@H](Cc1ccc(Cl)cc1)c1ccc(Cl)cc1.O=C([O-])C(F)(F)F. The number of carboxylic acid groups (broad SMARTS) is 1. The molecule has 1 heterocycles. The summed E-state index contributed by atoms with van der Waals surface area (Å²) in [6.07, 6.45) is -4.43. The zero-order valence-corrected chi connectivity index (χ0v) is 20.9. The molecule has 4 rings (SSSR count). The van der Waals surface area contributed by atoms with E-state index in [0.717, 1.165) is 28.6 Å². The van der Waals surface area contributed by atoms with Crippen molar-refractivity contribution in [2.45, 2.75) is 31.5 Å². The van der Waals surface area contributed by atoms with Gasteiger partial charge in [0.05, 0.1) is 0 Å². The van der Waals surface area contributed by atoms with Crippen molar-refractivity contribution >= 4 is 46.1 Å². The number of carbonyl (C=O) groups excluding carboxylic acids is 2. The van der Waals surface area contributed by atoms with Gasteiger partial charge in [0.15, 0.2) is 11.0 Å². The second-order valence-electron chi connectivity index (χ2n) is 8.21. The van der Waals surface area contributed by atoms with Crippen molar-refractivity contribution in [3.63, 3.8) is 0 Å². The predicted molar refractivity (Wildman–Crippen MR) is 132 cm³/mol. The van der Waals surface area contributed by atoms with Crippen LogP contribution in [0.5, 0.6) is 0 Å². The van der Waals surface area contributed by atoms with Gasteiger partial charge in [0.1, 0.15) is 5.97 Å². The van der Waals surface area contributed by atoms with Crippen LogP contribution in [0.3, 0.4) is 0 Å². The van der Waals surface area contributed by atoms with Gasteiger partial charge < -0.3 is 15.2 Å². The highest BCUT2D eigenvalue weighted by Crippen LogP contribution is 2.27. The summed E-state index contributed by atoms with van der Waals surface area (Å²) in [6, 6.07) is 23.2. The number of hydrogen-bond donors (Lipinski definition) is 2. The summed E-state index contributed by atoms with van der Waals surface area (Å²) in [5.74, 6) is -2.68. The molecule has 3 N–H and O–H groups in total. The summed E-state index contributed by atoms with van der Waals surface area (Å²) in [7, 11) is 0. The minimum atomic E-state index is -5.19. The van der Waals surface area contributed by atoms with Gasteiger partial charge in [-0.25, -0.2) is 9.97 Å². The normalized spacial score (nSPS) is 12.8. The van der Waals surface area contributed by atoms with E-state index in [1.807, 2.05) is 79.7 Å². The molecular formula is C26H22Cl2F3N3O3. The zero-order chi connectivity index (χ0) is 27.2. The van der Waals surface area contributed by atoms with E-state index in [1.54, 1.807) is 0 Å². The van der Waals surface area contributed by atoms with Crippen molar-refractivity contribution in [2.24, 2.45) is 0 Å². The van der Waals surface area contributed by atoms with E-state index in [-0.39, 0.29) is 17.9 Å². The molecule has 37 heavy (non-hydrogen) atoms. The summed E-state index contributed by atoms with van der Waals surface area (Å²) in [5.41, 5.74) is 4.05. The molecule has 2 atom stereocenters. The maximum atomic E-state index is 12.9. The number of carbonyl (C=O) groups is 2. The summed E-state index contributed by atoms with van der Waals surface area (Å²) in [4.78, 5) is 28.0. The number of H-pyrrole nitrogens is 2. The van der Waals surface area contributed by atoms with E-state index >= 15 is 0 Å². The van der Waals surface area contributed by atoms with Gasteiger partial charge in [-0.1, -0.05) is 59.6 Å². The van der Waals surface area contributed by atoms with Gasteiger partial charge in [0.25, 0.3) is 0 Å². The van der Waals surface area contributed by atoms with E-state index in [4.69, 9.17) is 33.1 Å². The van der Waals surface area contributed by atoms with Crippen molar-refractivity contribution in [3.05, 3.63) is 99.8 Å². The van der Waals surface area contributed by atoms with E-state index in [0.29, 0.717) is 15.9 Å². The van der Waals surface area contributed by atoms with Crippen molar-refractivity contribution in [3.8, 4) is 0 Å². The number of amides is 1. The lowest BCUT2D eigenvalue weighted by Gasteiger charge is -2.25. The summed E-state index contributed by atoms with van der Waals surface area (Å²) >= 11 is 12.1. The number of rotatable bonds is 6. The molecule has 0 aliphatic heterocycles. The minimum Gasteiger partial charge on any atom is -0.542 e. The molecular weight excluding hydrogens is 530 g/mol. The number of benzene rings is 3. The molecule has 3 aromatic carbocycles. The number of imidazole rings is 1. The zero-order valence-electron chi connectivity index (χ0n) is 19.4. The lowest BCUT2D eigenvalue weighted by atomic mass is 9.86.